The van der Waals surface area contributed by atoms with Gasteiger partial charge in [-0.3, -0.25) is 4.79 Å². The summed E-state index contributed by atoms with van der Waals surface area (Å²) in [7, 11) is -3.28. The van der Waals surface area contributed by atoms with Gasteiger partial charge < -0.3 is 20.2 Å². The van der Waals surface area contributed by atoms with Gasteiger partial charge in [0.25, 0.3) is 5.91 Å². The van der Waals surface area contributed by atoms with Gasteiger partial charge in [0.1, 0.15) is 0 Å². The fraction of sp³-hybridized carbons (Fsp3) is 0.360. The lowest BCUT2D eigenvalue weighted by Gasteiger charge is -2.36. The molecule has 0 unspecified atom stereocenters. The van der Waals surface area contributed by atoms with Gasteiger partial charge in [-0.2, -0.15) is 13.2 Å². The molecule has 208 valence electrons. The molecule has 0 atom stereocenters. The summed E-state index contributed by atoms with van der Waals surface area (Å²) in [6, 6.07) is 14.4. The molecule has 1 aliphatic heterocycles. The summed E-state index contributed by atoms with van der Waals surface area (Å²) >= 11 is 0. The van der Waals surface area contributed by atoms with Gasteiger partial charge >= 0.3 is 12.1 Å². The van der Waals surface area contributed by atoms with Crippen molar-refractivity contribution in [2.24, 2.45) is 0 Å². The van der Waals surface area contributed by atoms with Crippen LogP contribution in [0.4, 0.5) is 24.8 Å². The van der Waals surface area contributed by atoms with Gasteiger partial charge in [-0.15, -0.1) is 0 Å². The van der Waals surface area contributed by atoms with E-state index < -0.39 is 22.0 Å². The Bertz CT molecular complexity index is 1470. The zero-order valence-electron chi connectivity index (χ0n) is 20.8. The molecule has 2 heterocycles. The van der Waals surface area contributed by atoms with Crippen LogP contribution < -0.4 is 10.2 Å². The molecule has 10 nitrogen and oxygen atoms in total. The minimum Gasteiger partial charge on any atom is -0.475 e. The molecule has 0 bridgehead atoms. The van der Waals surface area contributed by atoms with Crippen LogP contribution >= 0.6 is 0 Å². The van der Waals surface area contributed by atoms with Crippen molar-refractivity contribution < 1.29 is 36.3 Å². The third-order valence-corrected chi connectivity index (χ3v) is 7.24. The highest BCUT2D eigenvalue weighted by Gasteiger charge is 2.38. The Morgan fingerprint density at radius 2 is 1.49 bits per heavy atom. The predicted molar refractivity (Wildman–Crippen MR) is 138 cm³/mol. The topological polar surface area (TPSA) is 133 Å². The average molecular weight is 566 g/mol. The zero-order chi connectivity index (χ0) is 28.4. The summed E-state index contributed by atoms with van der Waals surface area (Å²) in [5.41, 5.74) is 2.21. The van der Waals surface area contributed by atoms with Crippen molar-refractivity contribution in [2.75, 3.05) is 42.7 Å². The number of rotatable bonds is 5. The van der Waals surface area contributed by atoms with E-state index in [-0.39, 0.29) is 10.8 Å². The molecule has 3 aromatic rings. The van der Waals surface area contributed by atoms with Crippen LogP contribution in [0.25, 0.3) is 11.0 Å². The molecule has 0 spiro atoms. The summed E-state index contributed by atoms with van der Waals surface area (Å²) < 4.78 is 55.0. The number of benzene rings is 2. The number of hydrogen-bond donors (Lipinski definition) is 2. The van der Waals surface area contributed by atoms with Crippen LogP contribution in [0.5, 0.6) is 0 Å². The number of alkyl halides is 3. The number of sulfone groups is 1. The Labute approximate surface area is 222 Å². The Morgan fingerprint density at radius 3 is 1.97 bits per heavy atom. The maximum atomic E-state index is 12.9. The molecule has 1 saturated heterocycles. The maximum Gasteiger partial charge on any atom is 0.490 e. The molecule has 1 amide bonds. The third kappa shape index (κ3) is 7.13. The summed E-state index contributed by atoms with van der Waals surface area (Å²) in [5, 5.41) is 10.6. The number of fused-ring (bicyclic) bond motifs is 1. The number of carbonyl (C=O) groups excluding carboxylic acids is 1. The minimum absolute atomic E-state index is 0.0920. The Balaban J connectivity index is 0.000000448. The highest BCUT2D eigenvalue weighted by molar-refractivity contribution is 7.90. The van der Waals surface area contributed by atoms with Crippen molar-refractivity contribution in [3.63, 3.8) is 0 Å². The van der Waals surface area contributed by atoms with Crippen LogP contribution in [-0.2, 0) is 14.6 Å². The van der Waals surface area contributed by atoms with Gasteiger partial charge in [-0.25, -0.2) is 23.2 Å². The van der Waals surface area contributed by atoms with Gasteiger partial charge in [0.15, 0.2) is 21.5 Å². The maximum absolute atomic E-state index is 12.9. The van der Waals surface area contributed by atoms with Crippen LogP contribution in [0.3, 0.4) is 0 Å². The number of carboxylic acid groups (broad SMARTS) is 1. The first-order valence-electron chi connectivity index (χ1n) is 12.0. The van der Waals surface area contributed by atoms with Crippen LogP contribution in [0.1, 0.15) is 23.2 Å². The molecular formula is C25H26F3N5O5S. The van der Waals surface area contributed by atoms with E-state index in [9.17, 15) is 26.4 Å². The molecule has 14 heteroatoms. The highest BCUT2D eigenvalue weighted by atomic mass is 32.2. The summed E-state index contributed by atoms with van der Waals surface area (Å²) in [6.07, 6.45) is -1.63. The van der Waals surface area contributed by atoms with Crippen molar-refractivity contribution in [2.45, 2.75) is 30.0 Å². The first kappa shape index (κ1) is 28.1. The summed E-state index contributed by atoms with van der Waals surface area (Å²) in [4.78, 5) is 35.7. The van der Waals surface area contributed by atoms with Gasteiger partial charge in [0, 0.05) is 44.0 Å². The number of hydrogen-bond acceptors (Lipinski definition) is 8. The molecule has 1 aliphatic carbocycles. The molecule has 2 N–H and O–H groups in total. The van der Waals surface area contributed by atoms with Crippen LogP contribution in [-0.4, -0.2) is 84.9 Å². The van der Waals surface area contributed by atoms with E-state index in [1.165, 1.54) is 12.1 Å². The number of nitrogens with zero attached hydrogens (tertiary/aromatic N) is 4. The van der Waals surface area contributed by atoms with E-state index in [1.54, 1.807) is 17.0 Å². The minimum atomic E-state index is -5.08. The lowest BCUT2D eigenvalue weighted by molar-refractivity contribution is -0.192. The van der Waals surface area contributed by atoms with E-state index in [2.05, 4.69) is 10.2 Å². The number of aliphatic carboxylic acids is 1. The second-order valence-electron chi connectivity index (χ2n) is 9.18. The number of halogens is 3. The highest BCUT2D eigenvalue weighted by Crippen LogP contribution is 2.31. The van der Waals surface area contributed by atoms with E-state index in [1.807, 2.05) is 24.3 Å². The molecule has 1 saturated carbocycles. The molecule has 39 heavy (non-hydrogen) atoms. The van der Waals surface area contributed by atoms with E-state index in [4.69, 9.17) is 19.9 Å². The average Bonchev–Trinajstić information content (AvgIpc) is 3.71. The number of anilines is 2. The number of carbonyl (C=O) groups is 2. The summed E-state index contributed by atoms with van der Waals surface area (Å²) in [5.74, 6) is -1.21. The second kappa shape index (κ2) is 11.0. The first-order chi connectivity index (χ1) is 18.3. The van der Waals surface area contributed by atoms with Crippen LogP contribution in [0.15, 0.2) is 53.4 Å². The molecule has 2 fully saturated rings. The Morgan fingerprint density at radius 1 is 0.949 bits per heavy atom. The smallest absolute Gasteiger partial charge is 0.475 e. The second-order valence-corrected chi connectivity index (χ2v) is 11.2. The monoisotopic (exact) mass is 565 g/mol. The number of carboxylic acids is 1. The van der Waals surface area contributed by atoms with Crippen molar-refractivity contribution >= 4 is 44.4 Å². The lowest BCUT2D eigenvalue weighted by atomic mass is 10.2. The number of piperazine rings is 1. The zero-order valence-corrected chi connectivity index (χ0v) is 21.7. The van der Waals surface area contributed by atoms with Crippen molar-refractivity contribution in [1.82, 2.24) is 14.9 Å². The molecule has 2 aliphatic rings. The number of nitrogens with one attached hydrogen (secondary N) is 1. The number of para-hydroxylation sites is 2. The quantitative estimate of drug-likeness (QED) is 0.479. The fourth-order valence-corrected chi connectivity index (χ4v) is 4.51. The molecular weight excluding hydrogens is 539 g/mol. The van der Waals surface area contributed by atoms with E-state index in [0.717, 1.165) is 41.8 Å². The van der Waals surface area contributed by atoms with E-state index >= 15 is 0 Å². The molecule has 5 rings (SSSR count). The van der Waals surface area contributed by atoms with Gasteiger partial charge in [0.2, 0.25) is 0 Å². The van der Waals surface area contributed by atoms with E-state index in [0.29, 0.717) is 37.8 Å². The number of amides is 1. The fourth-order valence-electron chi connectivity index (χ4n) is 3.88. The van der Waals surface area contributed by atoms with Crippen molar-refractivity contribution in [1.29, 1.82) is 0 Å². The van der Waals surface area contributed by atoms with Crippen LogP contribution in [0.2, 0.25) is 0 Å². The third-order valence-electron chi connectivity index (χ3n) is 6.11. The lowest BCUT2D eigenvalue weighted by Crippen LogP contribution is -2.49. The van der Waals surface area contributed by atoms with Gasteiger partial charge in [-0.1, -0.05) is 12.1 Å². The standard InChI is InChI=1S/C23H25N5O3S.C2HF3O2/c1-32(30,31)18-10-6-16(7-11-18)23(29)28-14-12-27(13-15-28)22-21(24-17-8-9-17)25-19-4-2-3-5-20(19)26-22;3-2(4,5)1(6)7/h2-7,10-11,17H,8-9,12-15H2,1H3,(H,24,25);(H,6,7). The van der Waals surface area contributed by atoms with Crippen LogP contribution in [0, 0.1) is 0 Å². The largest absolute Gasteiger partial charge is 0.490 e. The van der Waals surface area contributed by atoms with Gasteiger partial charge in [0.05, 0.1) is 15.9 Å². The van der Waals surface area contributed by atoms with Crippen molar-refractivity contribution in [3.05, 3.63) is 54.1 Å². The van der Waals surface area contributed by atoms with Gasteiger partial charge in [-0.05, 0) is 49.2 Å². The Kier molecular flexibility index (Phi) is 7.95. The predicted octanol–water partition coefficient (Wildman–Crippen LogP) is 3.20. The number of aromatic nitrogens is 2. The molecule has 0 radical (unpaired) electrons. The summed E-state index contributed by atoms with van der Waals surface area (Å²) in [6.45, 7) is 2.42. The SMILES string of the molecule is CS(=O)(=O)c1ccc(C(=O)N2CCN(c3nc4ccccc4nc3NC3CC3)CC2)cc1.O=C(O)C(F)(F)F. The van der Waals surface area contributed by atoms with Crippen molar-refractivity contribution in [3.8, 4) is 0 Å². The molecule has 2 aromatic carbocycles. The first-order valence-corrected chi connectivity index (χ1v) is 13.9. The Hall–Kier alpha value is -3.94. The molecule has 1 aromatic heterocycles. The normalized spacial score (nSPS) is 15.9.